The average Bonchev–Trinajstić information content (AvgIpc) is 3.61. The average molecular weight is 644 g/mol. The molecule has 0 aliphatic carbocycles. The van der Waals surface area contributed by atoms with Gasteiger partial charge in [0.25, 0.3) is 5.91 Å². The molecule has 6 aromatic rings. The van der Waals surface area contributed by atoms with E-state index in [0.717, 1.165) is 43.9 Å². The molecule has 4 heterocycles. The van der Waals surface area contributed by atoms with E-state index in [0.29, 0.717) is 33.7 Å². The number of aryl methyl sites for hydroxylation is 1. The largest absolute Gasteiger partial charge is 0.493 e. The smallest absolute Gasteiger partial charge is 0.291 e. The zero-order valence-corrected chi connectivity index (χ0v) is 26.8. The van der Waals surface area contributed by atoms with Gasteiger partial charge in [0.2, 0.25) is 5.82 Å². The number of carbonyl (C=O) groups is 1. The van der Waals surface area contributed by atoms with Crippen LogP contribution < -0.4 is 20.2 Å². The number of methoxy groups -OCH3 is 2. The van der Waals surface area contributed by atoms with Crippen LogP contribution in [0, 0.1) is 6.92 Å². The van der Waals surface area contributed by atoms with Crippen LogP contribution in [0.25, 0.3) is 28.0 Å². The minimum absolute atomic E-state index is 0.145. The molecule has 48 heavy (non-hydrogen) atoms. The van der Waals surface area contributed by atoms with Gasteiger partial charge < -0.3 is 19.2 Å². The number of benzene rings is 3. The van der Waals surface area contributed by atoms with Crippen LogP contribution in [0.5, 0.6) is 11.5 Å². The van der Waals surface area contributed by atoms with Gasteiger partial charge in [0.05, 0.1) is 36.5 Å². The number of hydrogen-bond donors (Lipinski definition) is 1. The van der Waals surface area contributed by atoms with Gasteiger partial charge in [-0.05, 0) is 78.1 Å². The topological polar surface area (TPSA) is 137 Å². The zero-order chi connectivity index (χ0) is 33.2. The molecule has 3 aromatic carbocycles. The lowest BCUT2D eigenvalue weighted by atomic mass is 10.0. The van der Waals surface area contributed by atoms with E-state index in [1.807, 2.05) is 25.3 Å². The Balaban J connectivity index is 1.09. The molecule has 0 atom stereocenters. The van der Waals surface area contributed by atoms with E-state index in [-0.39, 0.29) is 17.0 Å². The summed E-state index contributed by atoms with van der Waals surface area (Å²) in [6, 6.07) is 21.4. The highest BCUT2D eigenvalue weighted by atomic mass is 16.5. The van der Waals surface area contributed by atoms with Crippen molar-refractivity contribution in [1.82, 2.24) is 30.1 Å². The molecule has 0 saturated carbocycles. The molecule has 12 nitrogen and oxygen atoms in total. The lowest BCUT2D eigenvalue weighted by Crippen LogP contribution is -2.32. The quantitative estimate of drug-likeness (QED) is 0.229. The predicted octanol–water partition coefficient (Wildman–Crippen LogP) is 5.01. The summed E-state index contributed by atoms with van der Waals surface area (Å²) in [6.45, 7) is 4.95. The number of amides is 1. The van der Waals surface area contributed by atoms with Crippen molar-refractivity contribution in [2.75, 3.05) is 32.6 Å². The molecule has 242 valence electrons. The second-order valence-corrected chi connectivity index (χ2v) is 11.6. The van der Waals surface area contributed by atoms with Crippen molar-refractivity contribution in [2.24, 2.45) is 0 Å². The Morgan fingerprint density at radius 1 is 0.979 bits per heavy atom. The van der Waals surface area contributed by atoms with Crippen molar-refractivity contribution in [3.63, 3.8) is 0 Å². The molecule has 1 aliphatic heterocycles. The van der Waals surface area contributed by atoms with E-state index in [1.54, 1.807) is 36.4 Å². The fourth-order valence-electron chi connectivity index (χ4n) is 5.89. The number of para-hydroxylation sites is 1. The van der Waals surface area contributed by atoms with Crippen LogP contribution in [0.2, 0.25) is 0 Å². The van der Waals surface area contributed by atoms with Crippen molar-refractivity contribution in [3.05, 3.63) is 117 Å². The highest BCUT2D eigenvalue weighted by molar-refractivity contribution is 6.05. The number of anilines is 1. The first-order valence-corrected chi connectivity index (χ1v) is 15.6. The number of fused-ring (bicyclic) bond motifs is 2. The maximum atomic E-state index is 13.3. The standard InChI is InChI=1S/C36H33N7O5/c1-22-16-24-13-15-42(21-25(24)20-37-22)14-12-23-8-10-26(11-9-23)43-40-35(39-41-43)28-17-32(46-2)33(47-3)18-29(28)38-36(45)34-19-30(44)27-6-4-5-7-31(27)48-34/h4-11,16-20H,12-15,21H2,1-3H3,(H,38,45). The number of pyridine rings is 1. The molecule has 0 saturated heterocycles. The normalized spacial score (nSPS) is 12.9. The number of ether oxygens (including phenoxy) is 2. The first-order valence-electron chi connectivity index (χ1n) is 15.6. The predicted molar refractivity (Wildman–Crippen MR) is 180 cm³/mol. The Morgan fingerprint density at radius 2 is 1.77 bits per heavy atom. The molecular weight excluding hydrogens is 610 g/mol. The lowest BCUT2D eigenvalue weighted by Gasteiger charge is -2.28. The highest BCUT2D eigenvalue weighted by Crippen LogP contribution is 2.38. The Kier molecular flexibility index (Phi) is 8.38. The summed E-state index contributed by atoms with van der Waals surface area (Å²) in [5.74, 6) is 0.251. The van der Waals surface area contributed by atoms with Gasteiger partial charge in [-0.2, -0.15) is 0 Å². The maximum Gasteiger partial charge on any atom is 0.291 e. The van der Waals surface area contributed by atoms with Crippen molar-refractivity contribution in [2.45, 2.75) is 26.3 Å². The van der Waals surface area contributed by atoms with Crippen LogP contribution in [0.4, 0.5) is 5.69 Å². The summed E-state index contributed by atoms with van der Waals surface area (Å²) in [6.07, 6.45) is 3.97. The molecule has 1 N–H and O–H groups in total. The number of hydrogen-bond acceptors (Lipinski definition) is 10. The van der Waals surface area contributed by atoms with Gasteiger partial charge in [-0.1, -0.05) is 24.3 Å². The van der Waals surface area contributed by atoms with Crippen molar-refractivity contribution in [1.29, 1.82) is 0 Å². The Hall–Kier alpha value is -5.88. The van der Waals surface area contributed by atoms with E-state index in [2.05, 4.69) is 48.8 Å². The van der Waals surface area contributed by atoms with Crippen molar-refractivity contribution < 1.29 is 18.7 Å². The van der Waals surface area contributed by atoms with Gasteiger partial charge in [-0.3, -0.25) is 19.5 Å². The third-order valence-electron chi connectivity index (χ3n) is 8.48. The van der Waals surface area contributed by atoms with E-state index >= 15 is 0 Å². The molecule has 0 spiro atoms. The molecule has 3 aromatic heterocycles. The lowest BCUT2D eigenvalue weighted by molar-refractivity contribution is 0.0997. The molecule has 0 unspecified atom stereocenters. The second kappa shape index (κ2) is 13.1. The van der Waals surface area contributed by atoms with E-state index < -0.39 is 5.91 Å². The monoisotopic (exact) mass is 643 g/mol. The van der Waals surface area contributed by atoms with E-state index in [1.165, 1.54) is 41.8 Å². The van der Waals surface area contributed by atoms with Crippen LogP contribution in [0.3, 0.4) is 0 Å². The van der Waals surface area contributed by atoms with Gasteiger partial charge in [-0.25, -0.2) is 0 Å². The molecular formula is C36H33N7O5. The minimum atomic E-state index is -0.630. The molecule has 1 aliphatic rings. The van der Waals surface area contributed by atoms with Crippen LogP contribution in [0.15, 0.2) is 88.2 Å². The van der Waals surface area contributed by atoms with Gasteiger partial charge in [0, 0.05) is 43.7 Å². The summed E-state index contributed by atoms with van der Waals surface area (Å²) in [4.78, 5) is 34.3. The summed E-state index contributed by atoms with van der Waals surface area (Å²) >= 11 is 0. The molecule has 0 bridgehead atoms. The van der Waals surface area contributed by atoms with E-state index in [4.69, 9.17) is 13.9 Å². The second-order valence-electron chi connectivity index (χ2n) is 11.6. The van der Waals surface area contributed by atoms with Crippen LogP contribution in [-0.2, 0) is 19.4 Å². The number of tetrazole rings is 1. The van der Waals surface area contributed by atoms with Gasteiger partial charge in [0.1, 0.15) is 5.58 Å². The fraction of sp³-hybridized carbons (Fsp3) is 0.222. The third kappa shape index (κ3) is 6.25. The molecule has 0 fully saturated rings. The first kappa shape index (κ1) is 30.8. The number of rotatable bonds is 9. The van der Waals surface area contributed by atoms with Crippen molar-refractivity contribution in [3.8, 4) is 28.6 Å². The van der Waals surface area contributed by atoms with Crippen LogP contribution in [-0.4, -0.2) is 63.3 Å². The minimum Gasteiger partial charge on any atom is -0.493 e. The SMILES string of the molecule is COc1cc(NC(=O)c2cc(=O)c3ccccc3o2)c(-c2nnn(-c3ccc(CCN4CCc5cc(C)ncc5C4)cc3)n2)cc1OC. The molecule has 7 rings (SSSR count). The fourth-order valence-corrected chi connectivity index (χ4v) is 5.89. The Bertz CT molecular complexity index is 2190. The van der Waals surface area contributed by atoms with Crippen LogP contribution in [0.1, 0.15) is 32.9 Å². The number of carbonyl (C=O) groups excluding carboxylic acids is 1. The summed E-state index contributed by atoms with van der Waals surface area (Å²) in [7, 11) is 3.01. The summed E-state index contributed by atoms with van der Waals surface area (Å²) in [5, 5.41) is 16.4. The zero-order valence-electron chi connectivity index (χ0n) is 26.8. The number of nitrogens with one attached hydrogen (secondary N) is 1. The molecule has 12 heteroatoms. The van der Waals surface area contributed by atoms with Crippen LogP contribution >= 0.6 is 0 Å². The highest BCUT2D eigenvalue weighted by Gasteiger charge is 2.21. The Morgan fingerprint density at radius 3 is 2.58 bits per heavy atom. The number of nitrogens with zero attached hydrogens (tertiary/aromatic N) is 6. The van der Waals surface area contributed by atoms with Gasteiger partial charge in [-0.15, -0.1) is 15.0 Å². The van der Waals surface area contributed by atoms with Gasteiger partial charge >= 0.3 is 0 Å². The molecule has 0 radical (unpaired) electrons. The molecule has 1 amide bonds. The number of aromatic nitrogens is 5. The Labute approximate surface area is 275 Å². The summed E-state index contributed by atoms with van der Waals surface area (Å²) < 4.78 is 16.7. The first-order chi connectivity index (χ1) is 23.4. The van der Waals surface area contributed by atoms with Gasteiger partial charge in [0.15, 0.2) is 22.7 Å². The van der Waals surface area contributed by atoms with E-state index in [9.17, 15) is 9.59 Å². The van der Waals surface area contributed by atoms with Crippen molar-refractivity contribution >= 4 is 22.6 Å². The third-order valence-corrected chi connectivity index (χ3v) is 8.48. The summed E-state index contributed by atoms with van der Waals surface area (Å²) in [5.41, 5.74) is 6.46. The maximum absolute atomic E-state index is 13.3.